The van der Waals surface area contributed by atoms with E-state index in [1.807, 2.05) is 54.6 Å². The van der Waals surface area contributed by atoms with Gasteiger partial charge in [0.05, 0.1) is 0 Å². The smallest absolute Gasteiger partial charge is 0.135 e. The lowest BCUT2D eigenvalue weighted by Crippen LogP contribution is -1.99. The fourth-order valence-electron chi connectivity index (χ4n) is 2.78. The number of halogens is 1. The minimum atomic E-state index is -0.726. The van der Waals surface area contributed by atoms with Crippen molar-refractivity contribution in [3.63, 3.8) is 0 Å². The summed E-state index contributed by atoms with van der Waals surface area (Å²) in [6, 6.07) is 21.0. The molecule has 1 unspecified atom stereocenters. The molecule has 0 saturated carbocycles. The van der Waals surface area contributed by atoms with E-state index in [1.165, 1.54) is 0 Å². The molecule has 0 aliphatic rings. The number of hydrogen-bond donors (Lipinski definition) is 1. The molecule has 0 saturated heterocycles. The Labute approximate surface area is 132 Å². The van der Waals surface area contributed by atoms with Crippen LogP contribution in [-0.2, 0) is 0 Å². The number of furan rings is 1. The molecular weight excluding hydrogens is 296 g/mol. The van der Waals surface area contributed by atoms with E-state index in [1.54, 1.807) is 12.1 Å². The Morgan fingerprint density at radius 3 is 2.41 bits per heavy atom. The molecule has 1 heterocycles. The van der Waals surface area contributed by atoms with Crippen molar-refractivity contribution in [2.24, 2.45) is 0 Å². The van der Waals surface area contributed by atoms with Gasteiger partial charge in [0.15, 0.2) is 0 Å². The highest BCUT2D eigenvalue weighted by Crippen LogP contribution is 2.32. The molecule has 22 heavy (non-hydrogen) atoms. The fraction of sp³-hybridized carbons (Fsp3) is 0.0526. The first-order chi connectivity index (χ1) is 10.7. The second-order valence-corrected chi connectivity index (χ2v) is 5.75. The van der Waals surface area contributed by atoms with Gasteiger partial charge < -0.3 is 9.52 Å². The zero-order chi connectivity index (χ0) is 15.1. The predicted molar refractivity (Wildman–Crippen MR) is 89.2 cm³/mol. The Morgan fingerprint density at radius 2 is 1.55 bits per heavy atom. The molecule has 0 spiro atoms. The molecule has 0 radical (unpaired) electrons. The lowest BCUT2D eigenvalue weighted by atomic mass is 10.0. The van der Waals surface area contributed by atoms with Crippen molar-refractivity contribution in [2.45, 2.75) is 6.10 Å². The van der Waals surface area contributed by atoms with Gasteiger partial charge in [-0.15, -0.1) is 0 Å². The zero-order valence-corrected chi connectivity index (χ0v) is 12.4. The molecule has 4 aromatic rings. The van der Waals surface area contributed by atoms with E-state index in [0.717, 1.165) is 33.1 Å². The highest BCUT2D eigenvalue weighted by atomic mass is 35.5. The van der Waals surface area contributed by atoms with E-state index in [4.69, 9.17) is 16.0 Å². The minimum absolute atomic E-state index is 0.612. The Hall–Kier alpha value is -2.29. The lowest BCUT2D eigenvalue weighted by Gasteiger charge is -2.11. The highest BCUT2D eigenvalue weighted by molar-refractivity contribution is 6.30. The van der Waals surface area contributed by atoms with Gasteiger partial charge >= 0.3 is 0 Å². The summed E-state index contributed by atoms with van der Waals surface area (Å²) in [5.74, 6) is 0. The first-order valence-electron chi connectivity index (χ1n) is 7.07. The highest BCUT2D eigenvalue weighted by Gasteiger charge is 2.13. The Bertz CT molecular complexity index is 971. The summed E-state index contributed by atoms with van der Waals surface area (Å²) in [5, 5.41) is 13.3. The van der Waals surface area contributed by atoms with Crippen LogP contribution in [-0.4, -0.2) is 5.11 Å². The molecule has 3 aromatic carbocycles. The van der Waals surface area contributed by atoms with E-state index in [2.05, 4.69) is 0 Å². The van der Waals surface area contributed by atoms with E-state index in [9.17, 15) is 5.11 Å². The third kappa shape index (κ3) is 2.17. The van der Waals surface area contributed by atoms with Gasteiger partial charge in [0.1, 0.15) is 17.3 Å². The molecule has 1 atom stereocenters. The van der Waals surface area contributed by atoms with Crippen LogP contribution < -0.4 is 0 Å². The summed E-state index contributed by atoms with van der Waals surface area (Å²) >= 11 is 6.00. The van der Waals surface area contributed by atoms with Crippen molar-refractivity contribution < 1.29 is 9.52 Å². The summed E-state index contributed by atoms with van der Waals surface area (Å²) in [4.78, 5) is 0. The topological polar surface area (TPSA) is 33.4 Å². The molecule has 2 nitrogen and oxygen atoms in total. The van der Waals surface area contributed by atoms with Gasteiger partial charge in [0.2, 0.25) is 0 Å². The van der Waals surface area contributed by atoms with Crippen molar-refractivity contribution in [2.75, 3.05) is 0 Å². The van der Waals surface area contributed by atoms with E-state index >= 15 is 0 Å². The Morgan fingerprint density at radius 1 is 0.773 bits per heavy atom. The summed E-state index contributed by atoms with van der Waals surface area (Å²) in [6.45, 7) is 0. The number of para-hydroxylation sites is 1. The molecule has 1 N–H and O–H groups in total. The molecule has 1 aromatic heterocycles. The normalized spacial score (nSPS) is 12.8. The molecule has 0 amide bonds. The molecule has 0 bridgehead atoms. The second-order valence-electron chi connectivity index (χ2n) is 5.31. The largest absolute Gasteiger partial charge is 0.456 e. The molecular formula is C19H13ClO2. The van der Waals surface area contributed by atoms with Crippen molar-refractivity contribution in [1.82, 2.24) is 0 Å². The third-order valence-electron chi connectivity index (χ3n) is 3.88. The Balaban J connectivity index is 1.84. The molecule has 0 fully saturated rings. The van der Waals surface area contributed by atoms with Crippen LogP contribution in [0.3, 0.4) is 0 Å². The number of rotatable bonds is 2. The van der Waals surface area contributed by atoms with Crippen molar-refractivity contribution in [3.8, 4) is 0 Å². The molecule has 108 valence electrons. The SMILES string of the molecule is OC(c1cccc(Cl)c1)c1ccc2c(c1)oc1ccccc12. The van der Waals surface area contributed by atoms with Gasteiger partial charge in [0.25, 0.3) is 0 Å². The first-order valence-corrected chi connectivity index (χ1v) is 7.45. The summed E-state index contributed by atoms with van der Waals surface area (Å²) in [7, 11) is 0. The minimum Gasteiger partial charge on any atom is -0.456 e. The summed E-state index contributed by atoms with van der Waals surface area (Å²) < 4.78 is 5.87. The predicted octanol–water partition coefficient (Wildman–Crippen LogP) is 5.32. The standard InChI is InChI=1S/C19H13ClO2/c20-14-5-3-4-12(10-14)19(21)13-8-9-16-15-6-1-2-7-17(15)22-18(16)11-13/h1-11,19,21H. The lowest BCUT2D eigenvalue weighted by molar-refractivity contribution is 0.220. The van der Waals surface area contributed by atoms with Gasteiger partial charge in [-0.1, -0.05) is 54.1 Å². The van der Waals surface area contributed by atoms with Crippen LogP contribution in [0, 0.1) is 0 Å². The molecule has 3 heteroatoms. The molecule has 4 rings (SSSR count). The van der Waals surface area contributed by atoms with Crippen LogP contribution in [0.1, 0.15) is 17.2 Å². The monoisotopic (exact) mass is 308 g/mol. The van der Waals surface area contributed by atoms with Gasteiger partial charge in [-0.2, -0.15) is 0 Å². The Kier molecular flexibility index (Phi) is 3.14. The molecule has 0 aliphatic heterocycles. The number of aliphatic hydroxyl groups is 1. The van der Waals surface area contributed by atoms with Crippen LogP contribution in [0.15, 0.2) is 71.1 Å². The van der Waals surface area contributed by atoms with Gasteiger partial charge in [-0.05, 0) is 35.4 Å². The van der Waals surface area contributed by atoms with Crippen LogP contribution in [0.2, 0.25) is 5.02 Å². The van der Waals surface area contributed by atoms with Crippen LogP contribution in [0.5, 0.6) is 0 Å². The maximum Gasteiger partial charge on any atom is 0.135 e. The van der Waals surface area contributed by atoms with Crippen LogP contribution in [0.25, 0.3) is 21.9 Å². The zero-order valence-electron chi connectivity index (χ0n) is 11.7. The average molecular weight is 309 g/mol. The third-order valence-corrected chi connectivity index (χ3v) is 4.12. The van der Waals surface area contributed by atoms with Crippen molar-refractivity contribution in [1.29, 1.82) is 0 Å². The van der Waals surface area contributed by atoms with Crippen LogP contribution in [0.4, 0.5) is 0 Å². The summed E-state index contributed by atoms with van der Waals surface area (Å²) in [6.07, 6.45) is -0.726. The molecule has 0 aliphatic carbocycles. The number of aliphatic hydroxyl groups excluding tert-OH is 1. The maximum absolute atomic E-state index is 10.6. The van der Waals surface area contributed by atoms with E-state index in [-0.39, 0.29) is 0 Å². The second kappa shape index (κ2) is 5.16. The fourth-order valence-corrected chi connectivity index (χ4v) is 2.98. The quantitative estimate of drug-likeness (QED) is 0.543. The number of benzene rings is 3. The van der Waals surface area contributed by atoms with Gasteiger partial charge in [-0.25, -0.2) is 0 Å². The van der Waals surface area contributed by atoms with Gasteiger partial charge in [-0.3, -0.25) is 0 Å². The number of hydrogen-bond acceptors (Lipinski definition) is 2. The summed E-state index contributed by atoms with van der Waals surface area (Å²) in [5.41, 5.74) is 3.18. The maximum atomic E-state index is 10.6. The number of fused-ring (bicyclic) bond motifs is 3. The van der Waals surface area contributed by atoms with Crippen molar-refractivity contribution in [3.05, 3.63) is 82.9 Å². The van der Waals surface area contributed by atoms with E-state index in [0.29, 0.717) is 5.02 Å². The first kappa shape index (κ1) is 13.4. The van der Waals surface area contributed by atoms with E-state index < -0.39 is 6.10 Å². The van der Waals surface area contributed by atoms with Crippen LogP contribution >= 0.6 is 11.6 Å². The van der Waals surface area contributed by atoms with Crippen molar-refractivity contribution >= 4 is 33.5 Å². The average Bonchev–Trinajstić information content (AvgIpc) is 2.91. The van der Waals surface area contributed by atoms with Gasteiger partial charge in [0, 0.05) is 15.8 Å².